The summed E-state index contributed by atoms with van der Waals surface area (Å²) in [7, 11) is 0. The van der Waals surface area contributed by atoms with Crippen molar-refractivity contribution < 1.29 is 19.1 Å². The van der Waals surface area contributed by atoms with Gasteiger partial charge in [-0.25, -0.2) is 4.79 Å². The molecule has 1 amide bonds. The number of nitrogens with zero attached hydrogens (tertiary/aromatic N) is 1. The second-order valence-electron chi connectivity index (χ2n) is 7.37. The lowest BCUT2D eigenvalue weighted by molar-refractivity contribution is -0.130. The molecule has 138 valence electrons. The summed E-state index contributed by atoms with van der Waals surface area (Å²) >= 11 is 0. The van der Waals surface area contributed by atoms with Gasteiger partial charge >= 0.3 is 5.97 Å². The molecule has 1 atom stereocenters. The van der Waals surface area contributed by atoms with Crippen LogP contribution >= 0.6 is 0 Å². The lowest BCUT2D eigenvalue weighted by Gasteiger charge is -2.26. The van der Waals surface area contributed by atoms with Crippen molar-refractivity contribution in [1.82, 2.24) is 10.2 Å². The topological polar surface area (TPSA) is 67.9 Å². The standard InChI is InChI=1S/C19H28N2O4/c1-14(17(22)20-19(2,3)4)25-18(23)16-7-5-15(6-8-16)13-21-9-11-24-12-10-21/h5-8,14H,9-13H2,1-4H3,(H,20,22)/t14-/m0/s1. The Morgan fingerprint density at radius 2 is 1.80 bits per heavy atom. The van der Waals surface area contributed by atoms with Gasteiger partial charge in [0.15, 0.2) is 6.10 Å². The predicted octanol–water partition coefficient (Wildman–Crippen LogP) is 1.98. The average Bonchev–Trinajstić information content (AvgIpc) is 2.54. The Morgan fingerprint density at radius 1 is 1.20 bits per heavy atom. The Kier molecular flexibility index (Phi) is 6.56. The molecule has 1 saturated heterocycles. The van der Waals surface area contributed by atoms with Crippen LogP contribution in [0.25, 0.3) is 0 Å². The number of morpholine rings is 1. The largest absolute Gasteiger partial charge is 0.449 e. The minimum Gasteiger partial charge on any atom is -0.449 e. The number of ether oxygens (including phenoxy) is 2. The van der Waals surface area contributed by atoms with E-state index in [1.165, 1.54) is 0 Å². The van der Waals surface area contributed by atoms with Crippen LogP contribution in [-0.2, 0) is 20.8 Å². The smallest absolute Gasteiger partial charge is 0.338 e. The lowest BCUT2D eigenvalue weighted by atomic mass is 10.1. The molecule has 1 aromatic rings. The molecule has 2 rings (SSSR count). The average molecular weight is 348 g/mol. The number of nitrogens with one attached hydrogen (secondary N) is 1. The maximum absolute atomic E-state index is 12.2. The van der Waals surface area contributed by atoms with Crippen molar-refractivity contribution in [2.45, 2.75) is 45.9 Å². The fourth-order valence-corrected chi connectivity index (χ4v) is 2.52. The van der Waals surface area contributed by atoms with Gasteiger partial charge in [-0.3, -0.25) is 9.69 Å². The zero-order valence-corrected chi connectivity index (χ0v) is 15.5. The molecule has 0 unspecified atom stereocenters. The van der Waals surface area contributed by atoms with Crippen LogP contribution in [0.2, 0.25) is 0 Å². The number of carbonyl (C=O) groups is 2. The number of carbonyl (C=O) groups excluding carboxylic acids is 2. The molecular formula is C19H28N2O4. The zero-order valence-electron chi connectivity index (χ0n) is 15.5. The van der Waals surface area contributed by atoms with E-state index in [-0.39, 0.29) is 11.4 Å². The summed E-state index contributed by atoms with van der Waals surface area (Å²) in [6.45, 7) is 11.4. The van der Waals surface area contributed by atoms with Crippen LogP contribution in [0.5, 0.6) is 0 Å². The Hall–Kier alpha value is -1.92. The van der Waals surface area contributed by atoms with E-state index in [0.717, 1.165) is 38.4 Å². The molecule has 0 aromatic heterocycles. The molecule has 0 saturated carbocycles. The first-order valence-electron chi connectivity index (χ1n) is 8.67. The summed E-state index contributed by atoms with van der Waals surface area (Å²) in [5.74, 6) is -0.792. The molecular weight excluding hydrogens is 320 g/mol. The number of esters is 1. The molecule has 1 aromatic carbocycles. The van der Waals surface area contributed by atoms with E-state index in [1.807, 2.05) is 32.9 Å². The first kappa shape index (κ1) is 19.4. The third-order valence-electron chi connectivity index (χ3n) is 3.85. The van der Waals surface area contributed by atoms with Crippen LogP contribution in [0.3, 0.4) is 0 Å². The zero-order chi connectivity index (χ0) is 18.4. The normalized spacial score (nSPS) is 17.0. The van der Waals surface area contributed by atoms with E-state index in [0.29, 0.717) is 5.56 Å². The summed E-state index contributed by atoms with van der Waals surface area (Å²) in [4.78, 5) is 26.5. The summed E-state index contributed by atoms with van der Waals surface area (Å²) in [6, 6.07) is 7.33. The summed E-state index contributed by atoms with van der Waals surface area (Å²) in [5.41, 5.74) is 1.22. The van der Waals surface area contributed by atoms with Gasteiger partial charge in [-0.15, -0.1) is 0 Å². The van der Waals surface area contributed by atoms with Gasteiger partial charge in [-0.05, 0) is 45.4 Å². The highest BCUT2D eigenvalue weighted by molar-refractivity contribution is 5.92. The molecule has 6 nitrogen and oxygen atoms in total. The van der Waals surface area contributed by atoms with Crippen LogP contribution in [0.4, 0.5) is 0 Å². The molecule has 1 aliphatic heterocycles. The predicted molar refractivity (Wildman–Crippen MR) is 95.3 cm³/mol. The quantitative estimate of drug-likeness (QED) is 0.824. The van der Waals surface area contributed by atoms with Gasteiger partial charge < -0.3 is 14.8 Å². The third kappa shape index (κ3) is 6.48. The molecule has 0 spiro atoms. The number of hydrogen-bond donors (Lipinski definition) is 1. The Bertz CT molecular complexity index is 586. The Labute approximate surface area is 149 Å². The van der Waals surface area contributed by atoms with Gasteiger partial charge in [0.1, 0.15) is 0 Å². The monoisotopic (exact) mass is 348 g/mol. The second-order valence-corrected chi connectivity index (χ2v) is 7.37. The summed E-state index contributed by atoms with van der Waals surface area (Å²) < 4.78 is 10.6. The SMILES string of the molecule is C[C@H](OC(=O)c1ccc(CN2CCOCC2)cc1)C(=O)NC(C)(C)C. The molecule has 25 heavy (non-hydrogen) atoms. The van der Waals surface area contributed by atoms with Crippen molar-refractivity contribution in [2.75, 3.05) is 26.3 Å². The third-order valence-corrected chi connectivity index (χ3v) is 3.85. The highest BCUT2D eigenvalue weighted by Gasteiger charge is 2.23. The van der Waals surface area contributed by atoms with Crippen molar-refractivity contribution >= 4 is 11.9 Å². The maximum Gasteiger partial charge on any atom is 0.338 e. The fourth-order valence-electron chi connectivity index (χ4n) is 2.52. The summed E-state index contributed by atoms with van der Waals surface area (Å²) in [6.07, 6.45) is -0.834. The van der Waals surface area contributed by atoms with Crippen LogP contribution in [0.15, 0.2) is 24.3 Å². The van der Waals surface area contributed by atoms with Crippen molar-refractivity contribution in [2.24, 2.45) is 0 Å². The van der Waals surface area contributed by atoms with E-state index in [1.54, 1.807) is 19.1 Å². The van der Waals surface area contributed by atoms with E-state index >= 15 is 0 Å². The molecule has 6 heteroatoms. The molecule has 1 heterocycles. The number of benzene rings is 1. The molecule has 0 bridgehead atoms. The van der Waals surface area contributed by atoms with Crippen LogP contribution in [0.1, 0.15) is 43.6 Å². The highest BCUT2D eigenvalue weighted by atomic mass is 16.5. The van der Waals surface area contributed by atoms with E-state index in [9.17, 15) is 9.59 Å². The molecule has 0 radical (unpaired) electrons. The van der Waals surface area contributed by atoms with E-state index < -0.39 is 12.1 Å². The van der Waals surface area contributed by atoms with Gasteiger partial charge in [-0.2, -0.15) is 0 Å². The minimum atomic E-state index is -0.834. The number of amides is 1. The van der Waals surface area contributed by atoms with Gasteiger partial charge in [0.25, 0.3) is 5.91 Å². The van der Waals surface area contributed by atoms with Crippen LogP contribution in [-0.4, -0.2) is 54.7 Å². The van der Waals surface area contributed by atoms with Gasteiger partial charge in [-0.1, -0.05) is 12.1 Å². The van der Waals surface area contributed by atoms with Crippen LogP contribution in [0, 0.1) is 0 Å². The first-order chi connectivity index (χ1) is 11.7. The second kappa shape index (κ2) is 8.45. The molecule has 1 fully saturated rings. The highest BCUT2D eigenvalue weighted by Crippen LogP contribution is 2.11. The maximum atomic E-state index is 12.2. The molecule has 0 aliphatic carbocycles. The Balaban J connectivity index is 1.88. The lowest BCUT2D eigenvalue weighted by Crippen LogP contribution is -2.46. The van der Waals surface area contributed by atoms with Crippen molar-refractivity contribution in [3.8, 4) is 0 Å². The number of hydrogen-bond acceptors (Lipinski definition) is 5. The van der Waals surface area contributed by atoms with Gasteiger partial charge in [0.2, 0.25) is 0 Å². The molecule has 1 aliphatic rings. The van der Waals surface area contributed by atoms with Gasteiger partial charge in [0, 0.05) is 25.2 Å². The Morgan fingerprint density at radius 3 is 2.36 bits per heavy atom. The fraction of sp³-hybridized carbons (Fsp3) is 0.579. The van der Waals surface area contributed by atoms with E-state index in [4.69, 9.17) is 9.47 Å². The van der Waals surface area contributed by atoms with Crippen molar-refractivity contribution in [3.05, 3.63) is 35.4 Å². The number of rotatable bonds is 5. The van der Waals surface area contributed by atoms with Gasteiger partial charge in [0.05, 0.1) is 18.8 Å². The van der Waals surface area contributed by atoms with Crippen LogP contribution < -0.4 is 5.32 Å². The van der Waals surface area contributed by atoms with Crippen molar-refractivity contribution in [1.29, 1.82) is 0 Å². The first-order valence-corrected chi connectivity index (χ1v) is 8.67. The van der Waals surface area contributed by atoms with E-state index in [2.05, 4.69) is 10.2 Å². The summed E-state index contributed by atoms with van der Waals surface area (Å²) in [5, 5.41) is 2.80. The minimum absolute atomic E-state index is 0.301. The van der Waals surface area contributed by atoms with Crippen molar-refractivity contribution in [3.63, 3.8) is 0 Å². The molecule has 1 N–H and O–H groups in total.